The Balaban J connectivity index is 1.89. The van der Waals surface area contributed by atoms with Crippen LogP contribution in [0.3, 0.4) is 0 Å². The molecule has 0 aliphatic carbocycles. The van der Waals surface area contributed by atoms with Crippen molar-refractivity contribution in [2.24, 2.45) is 0 Å². The zero-order valence-corrected chi connectivity index (χ0v) is 15.7. The maximum atomic E-state index is 12.6. The van der Waals surface area contributed by atoms with Crippen LogP contribution in [-0.2, 0) is 17.8 Å². The van der Waals surface area contributed by atoms with Crippen molar-refractivity contribution in [1.82, 2.24) is 24.5 Å². The summed E-state index contributed by atoms with van der Waals surface area (Å²) in [4.78, 5) is 25.5. The number of fused-ring (bicyclic) bond motifs is 5. The largest absolute Gasteiger partial charge is 0.370 e. The molecule has 25 heavy (non-hydrogen) atoms. The molecule has 1 amide bonds. The van der Waals surface area contributed by atoms with Crippen LogP contribution in [0.1, 0.15) is 48.8 Å². The molecule has 0 N–H and O–H groups in total. The van der Waals surface area contributed by atoms with Gasteiger partial charge in [0.05, 0.1) is 17.6 Å². The number of thiophene rings is 1. The normalized spacial score (nSPS) is 16.3. The molecule has 0 saturated carbocycles. The van der Waals surface area contributed by atoms with E-state index in [1.165, 1.54) is 10.4 Å². The fourth-order valence-corrected chi connectivity index (χ4v) is 4.35. The van der Waals surface area contributed by atoms with Gasteiger partial charge in [-0.2, -0.15) is 0 Å². The summed E-state index contributed by atoms with van der Waals surface area (Å²) in [5, 5.41) is 5.37. The number of nitrogens with zero attached hydrogens (tertiary/aromatic N) is 5. The van der Waals surface area contributed by atoms with Gasteiger partial charge in [0.1, 0.15) is 11.2 Å². The molecule has 0 unspecified atom stereocenters. The van der Waals surface area contributed by atoms with E-state index >= 15 is 0 Å². The van der Waals surface area contributed by atoms with E-state index in [9.17, 15) is 4.79 Å². The number of carbonyl (C=O) groups excluding carboxylic acids is 1. The van der Waals surface area contributed by atoms with Crippen LogP contribution in [0.2, 0.25) is 0 Å². The van der Waals surface area contributed by atoms with Gasteiger partial charge in [-0.15, -0.1) is 16.4 Å². The Bertz CT molecular complexity index is 970. The first-order valence-corrected chi connectivity index (χ1v) is 9.34. The minimum Gasteiger partial charge on any atom is -0.370 e. The van der Waals surface area contributed by atoms with Crippen LogP contribution in [-0.4, -0.2) is 49.1 Å². The molecule has 1 aliphatic heterocycles. The highest BCUT2D eigenvalue weighted by molar-refractivity contribution is 7.19. The second-order valence-electron chi connectivity index (χ2n) is 6.83. The third kappa shape index (κ3) is 2.60. The van der Waals surface area contributed by atoms with Crippen LogP contribution in [0.5, 0.6) is 0 Å². The molecular formula is C17H21N5O2S. The molecule has 3 aromatic rings. The third-order valence-electron chi connectivity index (χ3n) is 4.65. The summed E-state index contributed by atoms with van der Waals surface area (Å²) in [6, 6.07) is 0. The van der Waals surface area contributed by atoms with E-state index in [1.54, 1.807) is 27.1 Å². The second kappa shape index (κ2) is 5.74. The average molecular weight is 359 g/mol. The molecule has 0 fully saturated rings. The molecule has 0 bridgehead atoms. The van der Waals surface area contributed by atoms with Gasteiger partial charge < -0.3 is 9.64 Å². The summed E-state index contributed by atoms with van der Waals surface area (Å²) in [7, 11) is 0. The van der Waals surface area contributed by atoms with Crippen LogP contribution in [0, 0.1) is 0 Å². The van der Waals surface area contributed by atoms with E-state index < -0.39 is 0 Å². The summed E-state index contributed by atoms with van der Waals surface area (Å²) in [5.41, 5.74) is 1.72. The number of hydrogen-bond acceptors (Lipinski definition) is 6. The number of carbonyl (C=O) groups is 1. The Kier molecular flexibility index (Phi) is 3.77. The molecule has 4 heterocycles. The van der Waals surface area contributed by atoms with Gasteiger partial charge in [0.15, 0.2) is 5.65 Å². The lowest BCUT2D eigenvalue weighted by Crippen LogP contribution is -2.31. The summed E-state index contributed by atoms with van der Waals surface area (Å²) in [6.45, 7) is 9.95. The number of amides is 1. The third-order valence-corrected chi connectivity index (χ3v) is 5.76. The van der Waals surface area contributed by atoms with E-state index in [0.717, 1.165) is 16.6 Å². The molecule has 3 aromatic heterocycles. The van der Waals surface area contributed by atoms with Crippen LogP contribution in [0.25, 0.3) is 15.9 Å². The minimum atomic E-state index is -0.215. The maximum Gasteiger partial charge on any atom is 0.293 e. The highest BCUT2D eigenvalue weighted by atomic mass is 32.1. The summed E-state index contributed by atoms with van der Waals surface area (Å²) in [6.07, 6.45) is 2.44. The second-order valence-corrected chi connectivity index (χ2v) is 7.92. The van der Waals surface area contributed by atoms with Gasteiger partial charge in [-0.25, -0.2) is 14.5 Å². The quantitative estimate of drug-likeness (QED) is 0.719. The first-order chi connectivity index (χ1) is 11.9. The zero-order valence-electron chi connectivity index (χ0n) is 14.9. The predicted octanol–water partition coefficient (Wildman–Crippen LogP) is 2.67. The van der Waals surface area contributed by atoms with Crippen molar-refractivity contribution in [3.63, 3.8) is 0 Å². The fraction of sp³-hybridized carbons (Fsp3) is 0.529. The molecule has 1 aliphatic rings. The predicted molar refractivity (Wildman–Crippen MR) is 96.0 cm³/mol. The van der Waals surface area contributed by atoms with Gasteiger partial charge in [0.25, 0.3) is 5.91 Å². The molecule has 0 atom stereocenters. The summed E-state index contributed by atoms with van der Waals surface area (Å²) >= 11 is 1.64. The topological polar surface area (TPSA) is 72.6 Å². The van der Waals surface area contributed by atoms with Gasteiger partial charge in [-0.3, -0.25) is 4.79 Å². The highest BCUT2D eigenvalue weighted by Gasteiger charge is 2.31. The molecule has 132 valence electrons. The van der Waals surface area contributed by atoms with E-state index in [1.807, 2.05) is 13.8 Å². The van der Waals surface area contributed by atoms with E-state index in [0.29, 0.717) is 25.3 Å². The highest BCUT2D eigenvalue weighted by Crippen LogP contribution is 2.39. The fourth-order valence-electron chi connectivity index (χ4n) is 3.28. The van der Waals surface area contributed by atoms with Gasteiger partial charge >= 0.3 is 0 Å². The standard InChI is InChI=1S/C17H21N5O2S/c1-5-21(6-2)16(23)13-19-14-12-10-7-17(3,4)24-8-11(10)25-15(12)18-9-22(14)20-13/h9H,5-8H2,1-4H3. The molecule has 7 nitrogen and oxygen atoms in total. The van der Waals surface area contributed by atoms with Crippen LogP contribution >= 0.6 is 11.3 Å². The summed E-state index contributed by atoms with van der Waals surface area (Å²) in [5.74, 6) is 0.0823. The monoisotopic (exact) mass is 359 g/mol. The first-order valence-electron chi connectivity index (χ1n) is 8.52. The lowest BCUT2D eigenvalue weighted by atomic mass is 9.94. The lowest BCUT2D eigenvalue weighted by Gasteiger charge is -2.30. The molecule has 0 aromatic carbocycles. The Hall–Kier alpha value is -2.06. The number of hydrogen-bond donors (Lipinski definition) is 0. The molecule has 4 rings (SSSR count). The Morgan fingerprint density at radius 3 is 2.88 bits per heavy atom. The molecule has 0 spiro atoms. The maximum absolute atomic E-state index is 12.6. The lowest BCUT2D eigenvalue weighted by molar-refractivity contribution is -0.0379. The van der Waals surface area contributed by atoms with Crippen LogP contribution in [0.15, 0.2) is 6.33 Å². The van der Waals surface area contributed by atoms with Crippen LogP contribution in [0.4, 0.5) is 0 Å². The molecular weight excluding hydrogens is 338 g/mol. The Morgan fingerprint density at radius 2 is 2.16 bits per heavy atom. The molecule has 0 radical (unpaired) electrons. The van der Waals surface area contributed by atoms with E-state index in [-0.39, 0.29) is 17.3 Å². The Morgan fingerprint density at radius 1 is 1.40 bits per heavy atom. The number of ether oxygens (including phenoxy) is 1. The molecule has 0 saturated heterocycles. The van der Waals surface area contributed by atoms with E-state index in [4.69, 9.17) is 4.74 Å². The van der Waals surface area contributed by atoms with Crippen molar-refractivity contribution < 1.29 is 9.53 Å². The van der Waals surface area contributed by atoms with Gasteiger partial charge in [0, 0.05) is 24.4 Å². The molecule has 8 heteroatoms. The van der Waals surface area contributed by atoms with Crippen molar-refractivity contribution >= 4 is 33.1 Å². The average Bonchev–Trinajstić information content (AvgIpc) is 3.15. The first kappa shape index (κ1) is 16.4. The number of aromatic nitrogens is 4. The van der Waals surface area contributed by atoms with Crippen LogP contribution < -0.4 is 0 Å². The van der Waals surface area contributed by atoms with Crippen molar-refractivity contribution in [2.45, 2.75) is 46.3 Å². The smallest absolute Gasteiger partial charge is 0.293 e. The van der Waals surface area contributed by atoms with Crippen molar-refractivity contribution in [3.8, 4) is 0 Å². The summed E-state index contributed by atoms with van der Waals surface area (Å²) < 4.78 is 7.54. The SMILES string of the molecule is CCN(CC)C(=O)c1nc2c3c4c(sc3ncn2n1)COC(C)(C)C4. The van der Waals surface area contributed by atoms with Crippen molar-refractivity contribution in [3.05, 3.63) is 22.6 Å². The Labute approximate surface area is 149 Å². The zero-order chi connectivity index (χ0) is 17.8. The minimum absolute atomic E-state index is 0.144. The van der Waals surface area contributed by atoms with Gasteiger partial charge in [-0.1, -0.05) is 0 Å². The number of rotatable bonds is 3. The van der Waals surface area contributed by atoms with Crippen molar-refractivity contribution in [2.75, 3.05) is 13.1 Å². The van der Waals surface area contributed by atoms with Gasteiger partial charge in [0.2, 0.25) is 5.82 Å². The van der Waals surface area contributed by atoms with E-state index in [2.05, 4.69) is 28.9 Å². The van der Waals surface area contributed by atoms with Crippen molar-refractivity contribution in [1.29, 1.82) is 0 Å². The van der Waals surface area contributed by atoms with Gasteiger partial charge in [-0.05, 0) is 33.3 Å².